The Morgan fingerprint density at radius 1 is 1.33 bits per heavy atom. The molecule has 0 atom stereocenters. The first kappa shape index (κ1) is 19.1. The number of nitrogens with zero attached hydrogens (tertiary/aromatic N) is 2. The minimum atomic E-state index is -0.307. The van der Waals surface area contributed by atoms with Gasteiger partial charge in [-0.05, 0) is 49.1 Å². The summed E-state index contributed by atoms with van der Waals surface area (Å²) in [6.07, 6.45) is 4.45. The Morgan fingerprint density at radius 2 is 2.15 bits per heavy atom. The maximum Gasteiger partial charge on any atom is 0.249 e. The Hall–Kier alpha value is -2.64. The van der Waals surface area contributed by atoms with Gasteiger partial charge in [0.05, 0.1) is 23.6 Å². The summed E-state index contributed by atoms with van der Waals surface area (Å²) in [6.45, 7) is 3.82. The number of hydrogen-bond acceptors (Lipinski definition) is 6. The number of fused-ring (bicyclic) bond motifs is 1. The number of nitrogens with one attached hydrogen (secondary N) is 1. The van der Waals surface area contributed by atoms with Crippen LogP contribution in [0.25, 0.3) is 16.3 Å². The van der Waals surface area contributed by atoms with E-state index in [1.807, 2.05) is 25.3 Å². The maximum atomic E-state index is 12.3. The van der Waals surface area contributed by atoms with Crippen LogP contribution in [0.1, 0.15) is 19.4 Å². The van der Waals surface area contributed by atoms with Crippen molar-refractivity contribution in [3.63, 3.8) is 0 Å². The molecule has 0 radical (unpaired) electrons. The monoisotopic (exact) mass is 403 g/mol. The van der Waals surface area contributed by atoms with Gasteiger partial charge in [-0.25, -0.2) is 9.97 Å². The number of anilines is 1. The van der Waals surface area contributed by atoms with E-state index in [0.717, 1.165) is 10.2 Å². The van der Waals surface area contributed by atoms with Gasteiger partial charge in [0.25, 0.3) is 0 Å². The van der Waals surface area contributed by atoms with Gasteiger partial charge in [-0.2, -0.15) is 0 Å². The van der Waals surface area contributed by atoms with Crippen LogP contribution < -0.4 is 14.8 Å². The van der Waals surface area contributed by atoms with E-state index >= 15 is 0 Å². The van der Waals surface area contributed by atoms with Gasteiger partial charge in [0.15, 0.2) is 11.5 Å². The zero-order chi connectivity index (χ0) is 19.4. The average molecular weight is 404 g/mol. The second kappa shape index (κ2) is 8.37. The van der Waals surface area contributed by atoms with Crippen molar-refractivity contribution in [3.8, 4) is 11.5 Å². The van der Waals surface area contributed by atoms with Crippen molar-refractivity contribution in [2.24, 2.45) is 0 Å². The van der Waals surface area contributed by atoms with E-state index in [0.29, 0.717) is 27.9 Å². The molecule has 0 aliphatic heterocycles. The lowest BCUT2D eigenvalue weighted by Gasteiger charge is -2.15. The number of methoxy groups -OCH3 is 1. The molecule has 2 heterocycles. The first-order valence-corrected chi connectivity index (χ1v) is 9.45. The highest BCUT2D eigenvalue weighted by molar-refractivity contribution is 7.16. The van der Waals surface area contributed by atoms with Gasteiger partial charge in [-0.1, -0.05) is 11.6 Å². The van der Waals surface area contributed by atoms with E-state index in [1.54, 1.807) is 25.3 Å². The van der Waals surface area contributed by atoms with E-state index in [9.17, 15) is 4.79 Å². The molecule has 2 aromatic heterocycles. The molecule has 6 nitrogen and oxygen atoms in total. The summed E-state index contributed by atoms with van der Waals surface area (Å²) in [4.78, 5) is 21.4. The van der Waals surface area contributed by atoms with Crippen LogP contribution in [0.2, 0.25) is 5.02 Å². The lowest BCUT2D eigenvalue weighted by Crippen LogP contribution is -2.09. The van der Waals surface area contributed by atoms with E-state index in [2.05, 4.69) is 15.3 Å². The first-order chi connectivity index (χ1) is 13.0. The molecule has 0 bridgehead atoms. The van der Waals surface area contributed by atoms with Crippen LogP contribution in [0.5, 0.6) is 11.5 Å². The van der Waals surface area contributed by atoms with E-state index < -0.39 is 0 Å². The molecule has 0 unspecified atom stereocenters. The highest BCUT2D eigenvalue weighted by Gasteiger charge is 2.13. The van der Waals surface area contributed by atoms with Crippen molar-refractivity contribution in [2.75, 3.05) is 12.4 Å². The summed E-state index contributed by atoms with van der Waals surface area (Å²) in [5.74, 6) is 1.16. The minimum Gasteiger partial charge on any atom is -0.493 e. The predicted molar refractivity (Wildman–Crippen MR) is 109 cm³/mol. The van der Waals surface area contributed by atoms with Gasteiger partial charge in [-0.3, -0.25) is 4.79 Å². The summed E-state index contributed by atoms with van der Waals surface area (Å²) in [6, 6.07) is 5.35. The van der Waals surface area contributed by atoms with Crippen LogP contribution in [0.15, 0.2) is 36.0 Å². The normalized spacial score (nSPS) is 11.3. The third kappa shape index (κ3) is 4.56. The molecule has 1 amide bonds. The van der Waals surface area contributed by atoms with Gasteiger partial charge in [-0.15, -0.1) is 11.3 Å². The van der Waals surface area contributed by atoms with Crippen molar-refractivity contribution >= 4 is 51.0 Å². The highest BCUT2D eigenvalue weighted by Crippen LogP contribution is 2.37. The standard InChI is InChI=1S/C19H18ClN3O3S/c1-11(2)26-17-14(20)8-12(9-15(17)25-3)4-5-16(24)23-18-13-6-7-27-19(13)22-10-21-18/h4-11H,1-3H3,(H,21,22,23,24)/b5-4+. The number of carbonyl (C=O) groups excluding carboxylic acids is 1. The van der Waals surface area contributed by atoms with Crippen LogP contribution in [-0.2, 0) is 4.79 Å². The molecule has 1 N–H and O–H groups in total. The van der Waals surface area contributed by atoms with Crippen molar-refractivity contribution in [3.05, 3.63) is 46.6 Å². The highest BCUT2D eigenvalue weighted by atomic mass is 35.5. The summed E-state index contributed by atoms with van der Waals surface area (Å²) < 4.78 is 11.0. The number of aromatic nitrogens is 2. The molecule has 0 fully saturated rings. The molecule has 27 heavy (non-hydrogen) atoms. The van der Waals surface area contributed by atoms with Gasteiger partial charge in [0.1, 0.15) is 17.0 Å². The van der Waals surface area contributed by atoms with Crippen molar-refractivity contribution < 1.29 is 14.3 Å². The number of benzene rings is 1. The van der Waals surface area contributed by atoms with Crippen LogP contribution in [0.4, 0.5) is 5.82 Å². The fourth-order valence-corrected chi connectivity index (χ4v) is 3.40. The molecule has 1 aromatic carbocycles. The van der Waals surface area contributed by atoms with Crippen LogP contribution in [-0.4, -0.2) is 29.1 Å². The number of hydrogen-bond donors (Lipinski definition) is 1. The summed E-state index contributed by atoms with van der Waals surface area (Å²) in [7, 11) is 1.54. The number of thiophene rings is 1. The number of ether oxygens (including phenoxy) is 2. The number of halogens is 1. The van der Waals surface area contributed by atoms with Gasteiger partial charge >= 0.3 is 0 Å². The predicted octanol–water partition coefficient (Wildman–Crippen LogP) is 4.79. The molecule has 0 aliphatic rings. The third-order valence-electron chi connectivity index (χ3n) is 3.54. The number of rotatable bonds is 6. The second-order valence-electron chi connectivity index (χ2n) is 5.89. The Kier molecular flexibility index (Phi) is 5.93. The Labute approximate surface area is 165 Å². The van der Waals surface area contributed by atoms with Crippen LogP contribution >= 0.6 is 22.9 Å². The van der Waals surface area contributed by atoms with Gasteiger partial charge in [0.2, 0.25) is 5.91 Å². The molecule has 3 aromatic rings. The summed E-state index contributed by atoms with van der Waals surface area (Å²) in [5, 5.41) is 5.89. The minimum absolute atomic E-state index is 0.0367. The summed E-state index contributed by atoms with van der Waals surface area (Å²) in [5.41, 5.74) is 0.714. The van der Waals surface area contributed by atoms with E-state index in [1.165, 1.54) is 23.7 Å². The van der Waals surface area contributed by atoms with E-state index in [4.69, 9.17) is 21.1 Å². The smallest absolute Gasteiger partial charge is 0.249 e. The topological polar surface area (TPSA) is 73.3 Å². The van der Waals surface area contributed by atoms with Gasteiger partial charge in [0, 0.05) is 6.08 Å². The van der Waals surface area contributed by atoms with Crippen LogP contribution in [0, 0.1) is 0 Å². The lowest BCUT2D eigenvalue weighted by molar-refractivity contribution is -0.111. The quantitative estimate of drug-likeness (QED) is 0.599. The summed E-state index contributed by atoms with van der Waals surface area (Å²) >= 11 is 7.79. The Morgan fingerprint density at radius 3 is 2.89 bits per heavy atom. The fourth-order valence-electron chi connectivity index (χ4n) is 2.41. The Bertz CT molecular complexity index is 1000. The van der Waals surface area contributed by atoms with E-state index in [-0.39, 0.29) is 12.0 Å². The first-order valence-electron chi connectivity index (χ1n) is 8.19. The molecule has 0 saturated carbocycles. The van der Waals surface area contributed by atoms with Gasteiger partial charge < -0.3 is 14.8 Å². The zero-order valence-corrected chi connectivity index (χ0v) is 16.6. The third-order valence-corrected chi connectivity index (χ3v) is 4.64. The molecule has 0 saturated heterocycles. The fraction of sp³-hybridized carbons (Fsp3) is 0.211. The average Bonchev–Trinajstić information content (AvgIpc) is 3.11. The molecule has 8 heteroatoms. The van der Waals surface area contributed by atoms with Crippen molar-refractivity contribution in [1.82, 2.24) is 9.97 Å². The van der Waals surface area contributed by atoms with Crippen molar-refractivity contribution in [2.45, 2.75) is 20.0 Å². The Balaban J connectivity index is 1.78. The van der Waals surface area contributed by atoms with Crippen molar-refractivity contribution in [1.29, 1.82) is 0 Å². The molecule has 0 spiro atoms. The zero-order valence-electron chi connectivity index (χ0n) is 15.0. The number of amides is 1. The largest absolute Gasteiger partial charge is 0.493 e. The van der Waals surface area contributed by atoms with Crippen LogP contribution in [0.3, 0.4) is 0 Å². The molecular weight excluding hydrogens is 386 g/mol. The molecular formula is C19H18ClN3O3S. The maximum absolute atomic E-state index is 12.3. The SMILES string of the molecule is COc1cc(/C=C/C(=O)Nc2ncnc3sccc23)cc(Cl)c1OC(C)C. The molecule has 0 aliphatic carbocycles. The second-order valence-corrected chi connectivity index (χ2v) is 7.19. The number of carbonyl (C=O) groups is 1. The molecule has 140 valence electrons. The molecule has 3 rings (SSSR count). The lowest BCUT2D eigenvalue weighted by atomic mass is 10.2.